The van der Waals surface area contributed by atoms with Gasteiger partial charge >= 0.3 is 0 Å². The molecular formula is C19H20N2O2. The van der Waals surface area contributed by atoms with Crippen molar-refractivity contribution < 1.29 is 9.90 Å². The molecule has 0 spiro atoms. The fourth-order valence-electron chi connectivity index (χ4n) is 2.59. The van der Waals surface area contributed by atoms with Crippen molar-refractivity contribution in [2.24, 2.45) is 18.0 Å². The van der Waals surface area contributed by atoms with Gasteiger partial charge in [-0.25, -0.2) is 4.99 Å². The van der Waals surface area contributed by atoms with E-state index in [4.69, 9.17) is 0 Å². The number of benzene rings is 1. The molecule has 1 heterocycles. The van der Waals surface area contributed by atoms with Gasteiger partial charge in [0, 0.05) is 29.9 Å². The Morgan fingerprint density at radius 1 is 1.30 bits per heavy atom. The van der Waals surface area contributed by atoms with E-state index < -0.39 is 0 Å². The minimum Gasteiger partial charge on any atom is -0.504 e. The molecule has 0 bridgehead atoms. The van der Waals surface area contributed by atoms with Gasteiger partial charge < -0.3 is 9.67 Å². The first kappa shape index (κ1) is 15.3. The molecule has 1 aromatic heterocycles. The molecule has 3 rings (SSSR count). The predicted molar refractivity (Wildman–Crippen MR) is 89.9 cm³/mol. The molecule has 0 unspecified atom stereocenters. The zero-order chi connectivity index (χ0) is 16.6. The Balaban J connectivity index is 2.12. The van der Waals surface area contributed by atoms with Crippen molar-refractivity contribution in [3.63, 3.8) is 0 Å². The molecule has 4 heteroatoms. The number of aromatic nitrogens is 1. The molecule has 1 aromatic carbocycles. The van der Waals surface area contributed by atoms with Gasteiger partial charge in [0.15, 0.2) is 17.0 Å². The summed E-state index contributed by atoms with van der Waals surface area (Å²) in [5.74, 6) is 0.597. The number of rotatable bonds is 4. The maximum atomic E-state index is 11.6. The van der Waals surface area contributed by atoms with Crippen molar-refractivity contribution in [2.45, 2.75) is 19.8 Å². The molecule has 118 valence electrons. The van der Waals surface area contributed by atoms with E-state index in [0.29, 0.717) is 17.0 Å². The Morgan fingerprint density at radius 2 is 2.04 bits per heavy atom. The van der Waals surface area contributed by atoms with Gasteiger partial charge in [-0.3, -0.25) is 4.79 Å². The van der Waals surface area contributed by atoms with Crippen molar-refractivity contribution in [2.75, 3.05) is 0 Å². The van der Waals surface area contributed by atoms with Gasteiger partial charge in [0.05, 0.1) is 0 Å². The van der Waals surface area contributed by atoms with Crippen LogP contribution in [0.4, 0.5) is 0 Å². The molecule has 0 radical (unpaired) electrons. The average molecular weight is 308 g/mol. The van der Waals surface area contributed by atoms with Crippen LogP contribution in [0.1, 0.15) is 30.1 Å². The molecule has 1 fully saturated rings. The number of carbonyl (C=O) groups excluding carboxylic acids is 1. The maximum absolute atomic E-state index is 11.6. The Labute approximate surface area is 135 Å². The smallest absolute Gasteiger partial charge is 0.175 e. The quantitative estimate of drug-likeness (QED) is 0.880. The molecule has 1 aliphatic carbocycles. The SMILES string of the molecule is C=C(N=c1c(O)ccc(-c2cccc(C(C)=O)c2)n1C)C1CC1. The monoisotopic (exact) mass is 308 g/mol. The van der Waals surface area contributed by atoms with E-state index in [1.807, 2.05) is 35.9 Å². The Morgan fingerprint density at radius 3 is 2.70 bits per heavy atom. The summed E-state index contributed by atoms with van der Waals surface area (Å²) in [6.45, 7) is 5.55. The number of hydrogen-bond donors (Lipinski definition) is 1. The molecule has 4 nitrogen and oxygen atoms in total. The van der Waals surface area contributed by atoms with Crippen molar-refractivity contribution in [1.29, 1.82) is 0 Å². The highest BCUT2D eigenvalue weighted by Gasteiger charge is 2.24. The first-order valence-electron chi connectivity index (χ1n) is 7.71. The molecule has 0 aliphatic heterocycles. The summed E-state index contributed by atoms with van der Waals surface area (Å²) in [7, 11) is 1.86. The van der Waals surface area contributed by atoms with E-state index >= 15 is 0 Å². The number of carbonyl (C=O) groups is 1. The molecule has 0 atom stereocenters. The topological polar surface area (TPSA) is 54.6 Å². The molecular weight excluding hydrogens is 288 g/mol. The summed E-state index contributed by atoms with van der Waals surface area (Å²) < 4.78 is 1.84. The van der Waals surface area contributed by atoms with E-state index in [1.54, 1.807) is 19.1 Å². The lowest BCUT2D eigenvalue weighted by molar-refractivity contribution is 0.101. The van der Waals surface area contributed by atoms with Crippen LogP contribution in [0.25, 0.3) is 11.3 Å². The number of ketones is 1. The molecule has 0 saturated heterocycles. The Hall–Kier alpha value is -2.62. The van der Waals surface area contributed by atoms with Crippen LogP contribution in [-0.4, -0.2) is 15.5 Å². The second-order valence-corrected chi connectivity index (χ2v) is 6.00. The van der Waals surface area contributed by atoms with E-state index in [0.717, 1.165) is 29.8 Å². The second-order valence-electron chi connectivity index (χ2n) is 6.00. The van der Waals surface area contributed by atoms with Gasteiger partial charge in [0.2, 0.25) is 0 Å². The number of allylic oxidation sites excluding steroid dienone is 1. The van der Waals surface area contributed by atoms with Crippen molar-refractivity contribution >= 4 is 5.78 Å². The summed E-state index contributed by atoms with van der Waals surface area (Å²) in [5.41, 5.74) is 3.76. The summed E-state index contributed by atoms with van der Waals surface area (Å²) >= 11 is 0. The highest BCUT2D eigenvalue weighted by molar-refractivity contribution is 5.95. The van der Waals surface area contributed by atoms with Crippen LogP contribution in [0.3, 0.4) is 0 Å². The summed E-state index contributed by atoms with van der Waals surface area (Å²) in [6.07, 6.45) is 2.24. The molecule has 23 heavy (non-hydrogen) atoms. The van der Waals surface area contributed by atoms with Crippen LogP contribution in [0.15, 0.2) is 53.7 Å². The fraction of sp³-hybridized carbons (Fsp3) is 0.263. The zero-order valence-electron chi connectivity index (χ0n) is 13.4. The third-order valence-electron chi connectivity index (χ3n) is 4.17. The lowest BCUT2D eigenvalue weighted by atomic mass is 10.0. The normalized spacial score (nSPS) is 14.8. The Bertz CT molecular complexity index is 858. The highest BCUT2D eigenvalue weighted by Crippen LogP contribution is 2.35. The molecule has 1 saturated carbocycles. The minimum atomic E-state index is 0.0281. The standard InChI is InChI=1S/C19H20N2O2/c1-12(14-7-8-14)20-19-18(23)10-9-17(21(19)3)16-6-4-5-15(11-16)13(2)22/h4-6,9-11,14,23H,1,7-8H2,2-3H3. The lowest BCUT2D eigenvalue weighted by Crippen LogP contribution is -2.20. The maximum Gasteiger partial charge on any atom is 0.175 e. The van der Waals surface area contributed by atoms with E-state index in [1.165, 1.54) is 0 Å². The van der Waals surface area contributed by atoms with Crippen LogP contribution in [0.5, 0.6) is 5.75 Å². The van der Waals surface area contributed by atoms with Crippen LogP contribution in [0.2, 0.25) is 0 Å². The molecule has 0 amide bonds. The van der Waals surface area contributed by atoms with Crippen LogP contribution in [-0.2, 0) is 7.05 Å². The molecule has 1 aliphatic rings. The second kappa shape index (κ2) is 5.88. The van der Waals surface area contributed by atoms with Crippen LogP contribution >= 0.6 is 0 Å². The number of nitrogens with zero attached hydrogens (tertiary/aromatic N) is 2. The van der Waals surface area contributed by atoms with E-state index in [-0.39, 0.29) is 11.5 Å². The average Bonchev–Trinajstić information content (AvgIpc) is 3.36. The fourth-order valence-corrected chi connectivity index (χ4v) is 2.59. The number of pyridine rings is 1. The summed E-state index contributed by atoms with van der Waals surface area (Å²) in [4.78, 5) is 16.1. The third-order valence-corrected chi connectivity index (χ3v) is 4.17. The van der Waals surface area contributed by atoms with Crippen molar-refractivity contribution in [1.82, 2.24) is 4.57 Å². The van der Waals surface area contributed by atoms with E-state index in [9.17, 15) is 9.90 Å². The number of aromatic hydroxyl groups is 1. The first-order valence-corrected chi connectivity index (χ1v) is 7.71. The third kappa shape index (κ3) is 3.11. The van der Waals surface area contributed by atoms with Gasteiger partial charge in [-0.1, -0.05) is 24.8 Å². The van der Waals surface area contributed by atoms with Crippen LogP contribution in [0, 0.1) is 5.92 Å². The van der Waals surface area contributed by atoms with Gasteiger partial charge in [-0.05, 0) is 43.5 Å². The van der Waals surface area contributed by atoms with Crippen molar-refractivity contribution in [3.05, 3.63) is 59.7 Å². The zero-order valence-corrected chi connectivity index (χ0v) is 13.4. The lowest BCUT2D eigenvalue weighted by Gasteiger charge is -2.12. The summed E-state index contributed by atoms with van der Waals surface area (Å²) in [6, 6.07) is 10.9. The molecule has 2 aromatic rings. The van der Waals surface area contributed by atoms with E-state index in [2.05, 4.69) is 11.6 Å². The minimum absolute atomic E-state index is 0.0281. The van der Waals surface area contributed by atoms with Gasteiger partial charge in [-0.2, -0.15) is 0 Å². The largest absolute Gasteiger partial charge is 0.504 e. The Kier molecular flexibility index (Phi) is 3.90. The first-order chi connectivity index (χ1) is 11.0. The number of hydrogen-bond acceptors (Lipinski definition) is 3. The van der Waals surface area contributed by atoms with Crippen LogP contribution < -0.4 is 5.49 Å². The molecule has 1 N–H and O–H groups in total. The van der Waals surface area contributed by atoms with Gasteiger partial charge in [0.25, 0.3) is 0 Å². The highest BCUT2D eigenvalue weighted by atomic mass is 16.3. The number of Topliss-reactive ketones (excluding diaryl/α,β-unsaturated/α-hetero) is 1. The van der Waals surface area contributed by atoms with Crippen molar-refractivity contribution in [3.8, 4) is 17.0 Å². The summed E-state index contributed by atoms with van der Waals surface area (Å²) in [5, 5.41) is 10.1. The van der Waals surface area contributed by atoms with Gasteiger partial charge in [0.1, 0.15) is 0 Å². The predicted octanol–water partition coefficient (Wildman–Crippen LogP) is 3.42. The van der Waals surface area contributed by atoms with Gasteiger partial charge in [-0.15, -0.1) is 0 Å².